The van der Waals surface area contributed by atoms with Crippen molar-refractivity contribution >= 4 is 6.08 Å². The fourth-order valence-electron chi connectivity index (χ4n) is 1.46. The van der Waals surface area contributed by atoms with Crippen molar-refractivity contribution in [2.75, 3.05) is 0 Å². The summed E-state index contributed by atoms with van der Waals surface area (Å²) in [7, 11) is 0. The number of ether oxygens (including phenoxy) is 1. The molecule has 2 atom stereocenters. The summed E-state index contributed by atoms with van der Waals surface area (Å²) in [6, 6.07) is 7.90. The number of rotatable bonds is 1. The molecule has 14 heavy (non-hydrogen) atoms. The van der Waals surface area contributed by atoms with Gasteiger partial charge in [0, 0.05) is 5.56 Å². The fraction of sp³-hybridized carbons (Fsp3) is 0.231. The van der Waals surface area contributed by atoms with E-state index in [1.54, 1.807) is 0 Å². The molecule has 1 radical (unpaired) electrons. The average Bonchev–Trinajstić information content (AvgIpc) is 2.27. The largest absolute Gasteiger partial charge is 0.484 e. The lowest BCUT2D eigenvalue weighted by molar-refractivity contribution is 0.212. The fourth-order valence-corrected chi connectivity index (χ4v) is 1.46. The van der Waals surface area contributed by atoms with Gasteiger partial charge in [0.25, 0.3) is 0 Å². The van der Waals surface area contributed by atoms with E-state index in [4.69, 9.17) is 11.2 Å². The molecule has 0 bridgehead atoms. The SMILES string of the molecule is [C]#CC(C)C1C=Cc2ccccc2O1. The van der Waals surface area contributed by atoms with Crippen molar-refractivity contribution in [3.8, 4) is 11.7 Å². The molecule has 1 aromatic rings. The van der Waals surface area contributed by atoms with Crippen molar-refractivity contribution in [2.24, 2.45) is 5.92 Å². The van der Waals surface area contributed by atoms with Gasteiger partial charge in [0.15, 0.2) is 0 Å². The van der Waals surface area contributed by atoms with Crippen molar-refractivity contribution < 1.29 is 4.74 Å². The van der Waals surface area contributed by atoms with Gasteiger partial charge in [-0.25, -0.2) is 0 Å². The minimum Gasteiger partial charge on any atom is -0.484 e. The molecule has 1 aliphatic heterocycles. The summed E-state index contributed by atoms with van der Waals surface area (Å²) in [4.78, 5) is 0. The minimum atomic E-state index is -0.0533. The van der Waals surface area contributed by atoms with Gasteiger partial charge in [-0.05, 0) is 25.5 Å². The number of hydrogen-bond donors (Lipinski definition) is 0. The second kappa shape index (κ2) is 3.59. The molecular weight excluding hydrogens is 172 g/mol. The van der Waals surface area contributed by atoms with Crippen LogP contribution in [-0.4, -0.2) is 6.10 Å². The van der Waals surface area contributed by atoms with Gasteiger partial charge >= 0.3 is 0 Å². The molecule has 1 aliphatic rings. The van der Waals surface area contributed by atoms with E-state index in [0.29, 0.717) is 0 Å². The van der Waals surface area contributed by atoms with Crippen LogP contribution in [0.5, 0.6) is 5.75 Å². The van der Waals surface area contributed by atoms with Gasteiger partial charge in [-0.3, -0.25) is 0 Å². The van der Waals surface area contributed by atoms with E-state index in [0.717, 1.165) is 11.3 Å². The number of para-hydroxylation sites is 1. The summed E-state index contributed by atoms with van der Waals surface area (Å²) >= 11 is 0. The molecule has 0 N–H and O–H groups in total. The molecule has 0 saturated carbocycles. The van der Waals surface area contributed by atoms with Crippen LogP contribution in [-0.2, 0) is 0 Å². The van der Waals surface area contributed by atoms with E-state index in [9.17, 15) is 0 Å². The van der Waals surface area contributed by atoms with Crippen LogP contribution in [0.15, 0.2) is 30.3 Å². The highest BCUT2D eigenvalue weighted by Gasteiger charge is 2.18. The molecule has 0 amide bonds. The van der Waals surface area contributed by atoms with Crippen LogP contribution in [0.3, 0.4) is 0 Å². The van der Waals surface area contributed by atoms with Crippen molar-refractivity contribution in [3.63, 3.8) is 0 Å². The molecule has 0 fully saturated rings. The van der Waals surface area contributed by atoms with Crippen LogP contribution in [0.4, 0.5) is 0 Å². The quantitative estimate of drug-likeness (QED) is 0.608. The maximum absolute atomic E-state index is 7.07. The van der Waals surface area contributed by atoms with Crippen molar-refractivity contribution in [1.29, 1.82) is 0 Å². The summed E-state index contributed by atoms with van der Waals surface area (Å²) in [6.45, 7) is 1.93. The normalized spacial score (nSPS) is 20.4. The molecule has 0 aromatic heterocycles. The second-order valence-corrected chi connectivity index (χ2v) is 3.41. The first-order valence-electron chi connectivity index (χ1n) is 4.67. The van der Waals surface area contributed by atoms with E-state index in [-0.39, 0.29) is 12.0 Å². The molecular formula is C13H11O. The summed E-state index contributed by atoms with van der Waals surface area (Å²) in [6.07, 6.45) is 11.0. The highest BCUT2D eigenvalue weighted by atomic mass is 16.5. The Bertz CT molecular complexity index is 398. The molecule has 1 heterocycles. The van der Waals surface area contributed by atoms with Gasteiger partial charge in [0.05, 0.1) is 5.92 Å². The second-order valence-electron chi connectivity index (χ2n) is 3.41. The Kier molecular flexibility index (Phi) is 2.28. The Morgan fingerprint density at radius 3 is 3.00 bits per heavy atom. The molecule has 0 aliphatic carbocycles. The molecule has 0 spiro atoms. The molecule has 69 valence electrons. The van der Waals surface area contributed by atoms with Crippen LogP contribution in [0, 0.1) is 18.3 Å². The smallest absolute Gasteiger partial charge is 0.131 e. The number of hydrogen-bond acceptors (Lipinski definition) is 1. The Balaban J connectivity index is 2.26. The molecule has 0 saturated heterocycles. The average molecular weight is 183 g/mol. The van der Waals surface area contributed by atoms with Gasteiger partial charge in [-0.15, -0.1) is 0 Å². The maximum atomic E-state index is 7.07. The minimum absolute atomic E-state index is 0.000365. The first kappa shape index (κ1) is 8.90. The summed E-state index contributed by atoms with van der Waals surface area (Å²) in [5.41, 5.74) is 1.10. The Morgan fingerprint density at radius 1 is 1.43 bits per heavy atom. The van der Waals surface area contributed by atoms with E-state index in [1.807, 2.05) is 43.3 Å². The molecule has 1 heteroatoms. The first-order chi connectivity index (χ1) is 6.81. The third kappa shape index (κ3) is 1.52. The lowest BCUT2D eigenvalue weighted by Gasteiger charge is -2.23. The summed E-state index contributed by atoms with van der Waals surface area (Å²) in [5.74, 6) is 3.33. The molecule has 1 nitrogen and oxygen atoms in total. The van der Waals surface area contributed by atoms with E-state index < -0.39 is 0 Å². The van der Waals surface area contributed by atoms with Gasteiger partial charge in [0.1, 0.15) is 11.9 Å². The van der Waals surface area contributed by atoms with Crippen LogP contribution < -0.4 is 4.74 Å². The summed E-state index contributed by atoms with van der Waals surface area (Å²) < 4.78 is 5.72. The van der Waals surface area contributed by atoms with E-state index in [2.05, 4.69) is 5.92 Å². The third-order valence-electron chi connectivity index (χ3n) is 2.37. The van der Waals surface area contributed by atoms with Crippen LogP contribution in [0.2, 0.25) is 0 Å². The maximum Gasteiger partial charge on any atom is 0.131 e. The van der Waals surface area contributed by atoms with Crippen LogP contribution in [0.1, 0.15) is 12.5 Å². The molecule has 2 unspecified atom stereocenters. The first-order valence-corrected chi connectivity index (χ1v) is 4.67. The zero-order valence-corrected chi connectivity index (χ0v) is 8.03. The lowest BCUT2D eigenvalue weighted by Crippen LogP contribution is -2.23. The van der Waals surface area contributed by atoms with E-state index in [1.165, 1.54) is 0 Å². The van der Waals surface area contributed by atoms with E-state index >= 15 is 0 Å². The topological polar surface area (TPSA) is 9.23 Å². The Labute approximate surface area is 84.4 Å². The Morgan fingerprint density at radius 2 is 2.21 bits per heavy atom. The monoisotopic (exact) mass is 183 g/mol. The predicted octanol–water partition coefficient (Wildman–Crippen LogP) is 2.69. The predicted molar refractivity (Wildman–Crippen MR) is 56.2 cm³/mol. The zero-order valence-electron chi connectivity index (χ0n) is 8.03. The summed E-state index contributed by atoms with van der Waals surface area (Å²) in [5, 5.41) is 0. The van der Waals surface area contributed by atoms with Gasteiger partial charge in [-0.1, -0.05) is 30.2 Å². The number of fused-ring (bicyclic) bond motifs is 1. The third-order valence-corrected chi connectivity index (χ3v) is 2.37. The van der Waals surface area contributed by atoms with Gasteiger partial charge < -0.3 is 4.74 Å². The number of benzene rings is 1. The van der Waals surface area contributed by atoms with Crippen molar-refractivity contribution in [2.45, 2.75) is 13.0 Å². The van der Waals surface area contributed by atoms with Crippen LogP contribution in [0.25, 0.3) is 6.08 Å². The van der Waals surface area contributed by atoms with Gasteiger partial charge in [-0.2, -0.15) is 0 Å². The molecule has 2 rings (SSSR count). The highest BCUT2D eigenvalue weighted by molar-refractivity contribution is 5.59. The van der Waals surface area contributed by atoms with Crippen LogP contribution >= 0.6 is 0 Å². The highest BCUT2D eigenvalue weighted by Crippen LogP contribution is 2.27. The lowest BCUT2D eigenvalue weighted by atomic mass is 10.0. The molecule has 1 aromatic carbocycles. The van der Waals surface area contributed by atoms with Gasteiger partial charge in [0.2, 0.25) is 0 Å². The Hall–Kier alpha value is -1.68. The zero-order chi connectivity index (χ0) is 9.97. The van der Waals surface area contributed by atoms with Crippen molar-refractivity contribution in [1.82, 2.24) is 0 Å². The van der Waals surface area contributed by atoms with Crippen molar-refractivity contribution in [3.05, 3.63) is 42.3 Å². The standard InChI is InChI=1S/C13H11O/c1-3-10(2)12-9-8-11-6-4-5-7-13(11)14-12/h4-10,12H,2H3.